The molecule has 2 rings (SSSR count). The molecule has 0 aliphatic heterocycles. The van der Waals surface area contributed by atoms with Crippen molar-refractivity contribution in [3.8, 4) is 5.75 Å². The maximum Gasteiger partial charge on any atom is 0.123 e. The van der Waals surface area contributed by atoms with Crippen LogP contribution in [0.1, 0.15) is 21.4 Å². The molecule has 0 aliphatic carbocycles. The van der Waals surface area contributed by atoms with Crippen LogP contribution in [0, 0.1) is 6.92 Å². The molecule has 0 N–H and O–H groups in total. The van der Waals surface area contributed by atoms with E-state index in [9.17, 15) is 0 Å². The molecule has 17 heavy (non-hydrogen) atoms. The van der Waals surface area contributed by atoms with Crippen LogP contribution >= 0.6 is 22.9 Å². The lowest BCUT2D eigenvalue weighted by atomic mass is 10.0. The van der Waals surface area contributed by atoms with Crippen LogP contribution in [0.2, 0.25) is 0 Å². The van der Waals surface area contributed by atoms with Gasteiger partial charge in [0.1, 0.15) is 5.75 Å². The highest BCUT2D eigenvalue weighted by Crippen LogP contribution is 2.33. The van der Waals surface area contributed by atoms with E-state index in [-0.39, 0.29) is 5.38 Å². The third-order valence-corrected chi connectivity index (χ3v) is 3.97. The predicted octanol–water partition coefficient (Wildman–Crippen LogP) is 4.59. The first-order chi connectivity index (χ1) is 8.20. The Hall–Kier alpha value is -0.990. The van der Waals surface area contributed by atoms with Gasteiger partial charge in [-0.05, 0) is 24.4 Å². The molecule has 0 radical (unpaired) electrons. The van der Waals surface area contributed by atoms with Crippen molar-refractivity contribution in [3.63, 3.8) is 0 Å². The molecule has 0 aliphatic rings. The van der Waals surface area contributed by atoms with Crippen LogP contribution in [-0.2, 0) is 6.42 Å². The molecule has 0 amide bonds. The quantitative estimate of drug-likeness (QED) is 0.736. The van der Waals surface area contributed by atoms with E-state index in [2.05, 4.69) is 30.5 Å². The molecule has 1 atom stereocenters. The standard InChI is InChI=1S/C14H15ClOS/c1-10-5-6-14(16-2)12(8-10)13(15)9-11-4-3-7-17-11/h3-8,13H,9H2,1-2H3. The third-order valence-electron chi connectivity index (χ3n) is 2.68. The number of methoxy groups -OCH3 is 1. The summed E-state index contributed by atoms with van der Waals surface area (Å²) in [6, 6.07) is 10.3. The van der Waals surface area contributed by atoms with E-state index in [1.54, 1.807) is 18.4 Å². The van der Waals surface area contributed by atoms with E-state index in [0.29, 0.717) is 0 Å². The van der Waals surface area contributed by atoms with Gasteiger partial charge in [0, 0.05) is 16.9 Å². The molecule has 1 nitrogen and oxygen atoms in total. The second-order valence-corrected chi connectivity index (χ2v) is 5.56. The minimum atomic E-state index is -0.0384. The predicted molar refractivity (Wildman–Crippen MR) is 74.3 cm³/mol. The summed E-state index contributed by atoms with van der Waals surface area (Å²) in [6.45, 7) is 2.07. The van der Waals surface area contributed by atoms with Crippen molar-refractivity contribution in [1.29, 1.82) is 0 Å². The fourth-order valence-corrected chi connectivity index (χ4v) is 2.99. The lowest BCUT2D eigenvalue weighted by Crippen LogP contribution is -1.98. The number of benzene rings is 1. The second-order valence-electron chi connectivity index (χ2n) is 4.00. The van der Waals surface area contributed by atoms with E-state index in [1.807, 2.05) is 12.1 Å². The van der Waals surface area contributed by atoms with Crippen molar-refractivity contribution in [2.24, 2.45) is 0 Å². The molecule has 1 heterocycles. The van der Waals surface area contributed by atoms with Crippen LogP contribution in [-0.4, -0.2) is 7.11 Å². The van der Waals surface area contributed by atoms with Gasteiger partial charge in [0.15, 0.2) is 0 Å². The van der Waals surface area contributed by atoms with Crippen molar-refractivity contribution in [1.82, 2.24) is 0 Å². The summed E-state index contributed by atoms with van der Waals surface area (Å²) >= 11 is 8.22. The highest BCUT2D eigenvalue weighted by molar-refractivity contribution is 7.09. The van der Waals surface area contributed by atoms with Gasteiger partial charge >= 0.3 is 0 Å². The normalized spacial score (nSPS) is 12.4. The van der Waals surface area contributed by atoms with Gasteiger partial charge in [0.05, 0.1) is 12.5 Å². The molecule has 90 valence electrons. The first-order valence-electron chi connectivity index (χ1n) is 5.51. The van der Waals surface area contributed by atoms with E-state index in [4.69, 9.17) is 16.3 Å². The summed E-state index contributed by atoms with van der Waals surface area (Å²) in [5.41, 5.74) is 2.28. The van der Waals surface area contributed by atoms with Crippen molar-refractivity contribution in [3.05, 3.63) is 51.7 Å². The molecule has 0 saturated carbocycles. The maximum absolute atomic E-state index is 6.48. The second kappa shape index (κ2) is 5.56. The lowest BCUT2D eigenvalue weighted by Gasteiger charge is -2.14. The Labute approximate surface area is 111 Å². The van der Waals surface area contributed by atoms with Crippen molar-refractivity contribution < 1.29 is 4.74 Å². The van der Waals surface area contributed by atoms with Gasteiger partial charge in [-0.2, -0.15) is 0 Å². The number of hydrogen-bond acceptors (Lipinski definition) is 2. The number of aryl methyl sites for hydroxylation is 1. The molecule has 1 aromatic carbocycles. The first-order valence-corrected chi connectivity index (χ1v) is 6.83. The fraction of sp³-hybridized carbons (Fsp3) is 0.286. The van der Waals surface area contributed by atoms with Crippen LogP contribution in [0.25, 0.3) is 0 Å². The Morgan fingerprint density at radius 2 is 2.18 bits per heavy atom. The molecule has 2 aromatic rings. The number of ether oxygens (including phenoxy) is 1. The monoisotopic (exact) mass is 266 g/mol. The molecule has 0 fully saturated rings. The van der Waals surface area contributed by atoms with Gasteiger partial charge in [0.2, 0.25) is 0 Å². The minimum Gasteiger partial charge on any atom is -0.496 e. The smallest absolute Gasteiger partial charge is 0.123 e. The van der Waals surface area contributed by atoms with Crippen molar-refractivity contribution >= 4 is 22.9 Å². The van der Waals surface area contributed by atoms with Gasteiger partial charge in [-0.1, -0.05) is 23.8 Å². The van der Waals surface area contributed by atoms with Crippen molar-refractivity contribution in [2.75, 3.05) is 7.11 Å². The molecular weight excluding hydrogens is 252 g/mol. The Morgan fingerprint density at radius 3 is 2.82 bits per heavy atom. The molecular formula is C14H15ClOS. The van der Waals surface area contributed by atoms with Gasteiger partial charge in [0.25, 0.3) is 0 Å². The van der Waals surface area contributed by atoms with E-state index < -0.39 is 0 Å². The zero-order chi connectivity index (χ0) is 12.3. The fourth-order valence-electron chi connectivity index (χ4n) is 1.81. The number of halogens is 1. The third kappa shape index (κ3) is 3.02. The molecule has 0 bridgehead atoms. The summed E-state index contributed by atoms with van der Waals surface area (Å²) < 4.78 is 5.36. The number of thiophene rings is 1. The lowest BCUT2D eigenvalue weighted by molar-refractivity contribution is 0.409. The van der Waals surface area contributed by atoms with Gasteiger partial charge in [-0.15, -0.1) is 22.9 Å². The van der Waals surface area contributed by atoms with E-state index in [1.165, 1.54) is 10.4 Å². The van der Waals surface area contributed by atoms with Crippen LogP contribution in [0.4, 0.5) is 0 Å². The number of alkyl halides is 1. The Bertz CT molecular complexity index is 479. The average molecular weight is 267 g/mol. The summed E-state index contributed by atoms with van der Waals surface area (Å²) in [5.74, 6) is 0.868. The maximum atomic E-state index is 6.48. The summed E-state index contributed by atoms with van der Waals surface area (Å²) in [6.07, 6.45) is 0.846. The molecule has 0 saturated heterocycles. The number of rotatable bonds is 4. The zero-order valence-corrected chi connectivity index (χ0v) is 11.5. The molecule has 1 unspecified atom stereocenters. The highest BCUT2D eigenvalue weighted by atomic mass is 35.5. The Morgan fingerprint density at radius 1 is 1.35 bits per heavy atom. The molecule has 1 aromatic heterocycles. The van der Waals surface area contributed by atoms with E-state index in [0.717, 1.165) is 17.7 Å². The number of hydrogen-bond donors (Lipinski definition) is 0. The summed E-state index contributed by atoms with van der Waals surface area (Å²) in [5, 5.41) is 2.04. The molecule has 3 heteroatoms. The van der Waals surface area contributed by atoms with E-state index >= 15 is 0 Å². The highest BCUT2D eigenvalue weighted by Gasteiger charge is 2.14. The average Bonchev–Trinajstić information content (AvgIpc) is 2.81. The zero-order valence-electron chi connectivity index (χ0n) is 9.94. The summed E-state index contributed by atoms with van der Waals surface area (Å²) in [4.78, 5) is 1.30. The summed E-state index contributed by atoms with van der Waals surface area (Å²) in [7, 11) is 1.68. The first kappa shape index (κ1) is 12.5. The van der Waals surface area contributed by atoms with Crippen LogP contribution in [0.3, 0.4) is 0 Å². The molecule has 0 spiro atoms. The van der Waals surface area contributed by atoms with Gasteiger partial charge in [-0.3, -0.25) is 0 Å². The van der Waals surface area contributed by atoms with Crippen LogP contribution in [0.15, 0.2) is 35.7 Å². The van der Waals surface area contributed by atoms with Crippen LogP contribution in [0.5, 0.6) is 5.75 Å². The minimum absolute atomic E-state index is 0.0384. The van der Waals surface area contributed by atoms with Crippen LogP contribution < -0.4 is 4.74 Å². The Balaban J connectivity index is 2.23. The largest absolute Gasteiger partial charge is 0.496 e. The SMILES string of the molecule is COc1ccc(C)cc1C(Cl)Cc1cccs1. The van der Waals surface area contributed by atoms with Crippen molar-refractivity contribution in [2.45, 2.75) is 18.7 Å². The van der Waals surface area contributed by atoms with Gasteiger partial charge < -0.3 is 4.74 Å². The Kier molecular flexibility index (Phi) is 4.08. The topological polar surface area (TPSA) is 9.23 Å². The van der Waals surface area contributed by atoms with Gasteiger partial charge in [-0.25, -0.2) is 0 Å².